The first kappa shape index (κ1) is 17.4. The summed E-state index contributed by atoms with van der Waals surface area (Å²) in [6, 6.07) is 12.7. The second-order valence-electron chi connectivity index (χ2n) is 5.44. The maximum atomic E-state index is 14.2. The van der Waals surface area contributed by atoms with Gasteiger partial charge in [0.25, 0.3) is 0 Å². The summed E-state index contributed by atoms with van der Waals surface area (Å²) in [6.07, 6.45) is 1.44. The van der Waals surface area contributed by atoms with Crippen LogP contribution in [0.25, 0.3) is 0 Å². The number of hydrogen-bond acceptors (Lipinski definition) is 2. The second-order valence-corrected chi connectivity index (χ2v) is 7.08. The number of hydrogen-bond donors (Lipinski definition) is 1. The molecule has 0 atom stereocenters. The van der Waals surface area contributed by atoms with E-state index in [0.29, 0.717) is 18.4 Å². The SMILES string of the molecule is CC[Si]c1ccc(CCc2ccc(C(=O)CC)c(O)c2F)cc1. The van der Waals surface area contributed by atoms with E-state index in [1.807, 2.05) is 0 Å². The number of phenols is 1. The molecule has 120 valence electrons. The molecular formula is C19H21FO2Si. The molecule has 0 aliphatic heterocycles. The molecule has 0 saturated carbocycles. The summed E-state index contributed by atoms with van der Waals surface area (Å²) in [5, 5.41) is 11.2. The van der Waals surface area contributed by atoms with Crippen molar-refractivity contribution in [3.05, 3.63) is 58.9 Å². The Bertz CT molecular complexity index is 681. The van der Waals surface area contributed by atoms with Crippen molar-refractivity contribution in [2.75, 3.05) is 0 Å². The zero-order chi connectivity index (χ0) is 16.8. The number of rotatable bonds is 7. The largest absolute Gasteiger partial charge is 0.504 e. The fraction of sp³-hybridized carbons (Fsp3) is 0.316. The van der Waals surface area contributed by atoms with E-state index in [0.717, 1.165) is 21.1 Å². The first-order valence-corrected chi connectivity index (χ1v) is 9.13. The number of aromatic hydroxyl groups is 1. The molecule has 0 spiro atoms. The van der Waals surface area contributed by atoms with E-state index in [9.17, 15) is 14.3 Å². The van der Waals surface area contributed by atoms with Crippen LogP contribution in [0, 0.1) is 5.82 Å². The Balaban J connectivity index is 2.08. The maximum Gasteiger partial charge on any atom is 0.168 e. The van der Waals surface area contributed by atoms with E-state index >= 15 is 0 Å². The zero-order valence-corrected chi connectivity index (χ0v) is 14.5. The predicted molar refractivity (Wildman–Crippen MR) is 92.4 cm³/mol. The van der Waals surface area contributed by atoms with E-state index in [-0.39, 0.29) is 17.8 Å². The monoisotopic (exact) mass is 328 g/mol. The predicted octanol–water partition coefficient (Wildman–Crippen LogP) is 3.68. The summed E-state index contributed by atoms with van der Waals surface area (Å²) in [5.74, 6) is -1.44. The highest BCUT2D eigenvalue weighted by Crippen LogP contribution is 2.26. The fourth-order valence-corrected chi connectivity index (χ4v) is 3.30. The minimum atomic E-state index is -0.673. The molecule has 0 aliphatic rings. The van der Waals surface area contributed by atoms with Gasteiger partial charge in [-0.05, 0) is 30.0 Å². The average molecular weight is 328 g/mol. The molecular weight excluding hydrogens is 307 g/mol. The van der Waals surface area contributed by atoms with Gasteiger partial charge in [-0.2, -0.15) is 0 Å². The van der Waals surface area contributed by atoms with Gasteiger partial charge in [0.2, 0.25) is 0 Å². The first-order chi connectivity index (χ1) is 11.1. The van der Waals surface area contributed by atoms with Crippen molar-refractivity contribution in [3.8, 4) is 5.75 Å². The number of ketones is 1. The maximum absolute atomic E-state index is 14.2. The smallest absolute Gasteiger partial charge is 0.168 e. The first-order valence-electron chi connectivity index (χ1n) is 7.93. The molecule has 4 heteroatoms. The Hall–Kier alpha value is -1.94. The number of Topliss-reactive ketones (excluding diaryl/α,β-unsaturated/α-hetero) is 1. The molecule has 0 heterocycles. The van der Waals surface area contributed by atoms with Crippen molar-refractivity contribution in [1.29, 1.82) is 0 Å². The van der Waals surface area contributed by atoms with Crippen LogP contribution in [0.3, 0.4) is 0 Å². The van der Waals surface area contributed by atoms with Crippen molar-refractivity contribution in [2.24, 2.45) is 0 Å². The molecule has 0 fully saturated rings. The van der Waals surface area contributed by atoms with Crippen molar-refractivity contribution in [1.82, 2.24) is 0 Å². The third-order valence-corrected chi connectivity index (χ3v) is 4.93. The second kappa shape index (κ2) is 8.06. The lowest BCUT2D eigenvalue weighted by Gasteiger charge is -2.09. The molecule has 0 saturated heterocycles. The number of halogens is 1. The lowest BCUT2D eigenvalue weighted by atomic mass is 10.00. The Morgan fingerprint density at radius 1 is 1.09 bits per heavy atom. The van der Waals surface area contributed by atoms with Crippen molar-refractivity contribution in [3.63, 3.8) is 0 Å². The molecule has 2 nitrogen and oxygen atoms in total. The summed E-state index contributed by atoms with van der Waals surface area (Å²) >= 11 is 0. The highest BCUT2D eigenvalue weighted by molar-refractivity contribution is 6.53. The third-order valence-electron chi connectivity index (χ3n) is 3.84. The van der Waals surface area contributed by atoms with Crippen LogP contribution in [0.2, 0.25) is 6.04 Å². The number of carbonyl (C=O) groups is 1. The molecule has 0 aliphatic carbocycles. The highest BCUT2D eigenvalue weighted by atomic mass is 28.2. The summed E-state index contributed by atoms with van der Waals surface area (Å²) in [6.45, 7) is 3.85. The quantitative estimate of drug-likeness (QED) is 0.622. The van der Waals surface area contributed by atoms with E-state index in [1.165, 1.54) is 11.3 Å². The zero-order valence-electron chi connectivity index (χ0n) is 13.5. The highest BCUT2D eigenvalue weighted by Gasteiger charge is 2.16. The number of phenolic OH excluding ortho intramolecular Hbond substituents is 1. The normalized spacial score (nSPS) is 10.7. The van der Waals surface area contributed by atoms with Crippen LogP contribution in [0.5, 0.6) is 5.75 Å². The van der Waals surface area contributed by atoms with Gasteiger partial charge in [0.05, 0.1) is 15.1 Å². The average Bonchev–Trinajstić information content (AvgIpc) is 2.57. The van der Waals surface area contributed by atoms with Crippen molar-refractivity contribution in [2.45, 2.75) is 39.2 Å². The van der Waals surface area contributed by atoms with Crippen molar-refractivity contribution >= 4 is 20.5 Å². The van der Waals surface area contributed by atoms with Gasteiger partial charge in [0.15, 0.2) is 17.3 Å². The molecule has 1 N–H and O–H groups in total. The molecule has 23 heavy (non-hydrogen) atoms. The molecule has 2 aromatic carbocycles. The number of aryl methyl sites for hydroxylation is 2. The lowest BCUT2D eigenvalue weighted by Crippen LogP contribution is -2.12. The summed E-state index contributed by atoms with van der Waals surface area (Å²) < 4.78 is 14.2. The minimum Gasteiger partial charge on any atom is -0.504 e. The molecule has 2 radical (unpaired) electrons. The van der Waals surface area contributed by atoms with Gasteiger partial charge in [0, 0.05) is 6.42 Å². The summed E-state index contributed by atoms with van der Waals surface area (Å²) in [4.78, 5) is 11.6. The summed E-state index contributed by atoms with van der Waals surface area (Å²) in [5.41, 5.74) is 1.65. The van der Waals surface area contributed by atoms with Gasteiger partial charge >= 0.3 is 0 Å². The number of benzene rings is 2. The number of carbonyl (C=O) groups excluding carboxylic acids is 1. The Morgan fingerprint density at radius 2 is 1.78 bits per heavy atom. The third kappa shape index (κ3) is 4.29. The van der Waals surface area contributed by atoms with Gasteiger partial charge in [-0.1, -0.05) is 55.4 Å². The van der Waals surface area contributed by atoms with E-state index in [2.05, 4.69) is 31.2 Å². The Kier molecular flexibility index (Phi) is 6.10. The molecule has 0 aromatic heterocycles. The van der Waals surface area contributed by atoms with E-state index < -0.39 is 11.6 Å². The Morgan fingerprint density at radius 3 is 2.39 bits per heavy atom. The van der Waals surface area contributed by atoms with Crippen LogP contribution in [0.15, 0.2) is 36.4 Å². The molecule has 0 unspecified atom stereocenters. The lowest BCUT2D eigenvalue weighted by molar-refractivity contribution is 0.0984. The van der Waals surface area contributed by atoms with Gasteiger partial charge in [-0.3, -0.25) is 4.79 Å². The van der Waals surface area contributed by atoms with Crippen molar-refractivity contribution < 1.29 is 14.3 Å². The van der Waals surface area contributed by atoms with Gasteiger partial charge in [-0.15, -0.1) is 0 Å². The van der Waals surface area contributed by atoms with Crippen LogP contribution in [-0.4, -0.2) is 20.4 Å². The van der Waals surface area contributed by atoms with Crippen LogP contribution in [-0.2, 0) is 12.8 Å². The van der Waals surface area contributed by atoms with Crippen LogP contribution >= 0.6 is 0 Å². The van der Waals surface area contributed by atoms with Gasteiger partial charge in [-0.25, -0.2) is 4.39 Å². The minimum absolute atomic E-state index is 0.0682. The molecule has 0 amide bonds. The molecule has 2 rings (SSSR count). The van der Waals surface area contributed by atoms with Crippen LogP contribution in [0.4, 0.5) is 4.39 Å². The van der Waals surface area contributed by atoms with Crippen LogP contribution in [0.1, 0.15) is 41.8 Å². The van der Waals surface area contributed by atoms with Gasteiger partial charge < -0.3 is 5.11 Å². The topological polar surface area (TPSA) is 37.3 Å². The van der Waals surface area contributed by atoms with E-state index in [1.54, 1.807) is 13.0 Å². The van der Waals surface area contributed by atoms with E-state index in [4.69, 9.17) is 0 Å². The summed E-state index contributed by atoms with van der Waals surface area (Å²) in [7, 11) is 0.825. The molecule has 0 bridgehead atoms. The molecule has 2 aromatic rings. The van der Waals surface area contributed by atoms with Gasteiger partial charge in [0.1, 0.15) is 0 Å². The fourth-order valence-electron chi connectivity index (χ4n) is 2.49. The standard InChI is InChI=1S/C19H21FO2Si/c1-3-17(21)16-12-9-14(18(20)19(16)22)8-5-13-6-10-15(11-7-13)23-4-2/h6-7,9-12,22H,3-5,8H2,1-2H3. The Labute approximate surface area is 139 Å². The van der Waals surface area contributed by atoms with Crippen LogP contribution < -0.4 is 5.19 Å².